The van der Waals surface area contributed by atoms with Gasteiger partial charge in [-0.2, -0.15) is 0 Å². The smallest absolute Gasteiger partial charge is 0.462 e. The lowest BCUT2D eigenvalue weighted by Crippen LogP contribution is -2.29. The van der Waals surface area contributed by atoms with E-state index in [-0.39, 0.29) is 12.8 Å². The maximum absolute atomic E-state index is 12.7. The van der Waals surface area contributed by atoms with Crippen LogP contribution in [0, 0.1) is 0 Å². The summed E-state index contributed by atoms with van der Waals surface area (Å²) < 4.78 is 53.4. The zero-order chi connectivity index (χ0) is 45.6. The van der Waals surface area contributed by atoms with Gasteiger partial charge in [0.05, 0.1) is 32.0 Å². The Labute approximate surface area is 372 Å². The van der Waals surface area contributed by atoms with Crippen LogP contribution in [0.2, 0.25) is 0 Å². The highest BCUT2D eigenvalue weighted by atomic mass is 31.2. The summed E-state index contributed by atoms with van der Waals surface area (Å²) in [5.41, 5.74) is 0. The van der Waals surface area contributed by atoms with Crippen molar-refractivity contribution in [1.29, 1.82) is 0 Å². The molecule has 1 fully saturated rings. The summed E-state index contributed by atoms with van der Waals surface area (Å²) in [4.78, 5) is 52.7. The molecule has 0 spiro atoms. The maximum atomic E-state index is 12.7. The Bertz CT molecular complexity index is 1390. The fourth-order valence-corrected chi connectivity index (χ4v) is 7.39. The van der Waals surface area contributed by atoms with Gasteiger partial charge in [0, 0.05) is 12.8 Å². The van der Waals surface area contributed by atoms with Crippen molar-refractivity contribution in [3.63, 3.8) is 0 Å². The van der Waals surface area contributed by atoms with Crippen LogP contribution in [-0.2, 0) is 46.5 Å². The fraction of sp³-hybridized carbons (Fsp3) is 0.739. The van der Waals surface area contributed by atoms with Gasteiger partial charge in [-0.15, -0.1) is 0 Å². The van der Waals surface area contributed by atoms with Crippen LogP contribution in [0.5, 0.6) is 0 Å². The largest absolute Gasteiger partial charge is 0.472 e. The normalized spacial score (nSPS) is 17.8. The van der Waals surface area contributed by atoms with Gasteiger partial charge in [-0.25, -0.2) is 9.13 Å². The minimum Gasteiger partial charge on any atom is -0.462 e. The van der Waals surface area contributed by atoms with Gasteiger partial charge in [0.2, 0.25) is 0 Å². The Kier molecular flexibility index (Phi) is 35.5. The van der Waals surface area contributed by atoms with Crippen molar-refractivity contribution in [2.24, 2.45) is 0 Å². The highest BCUT2D eigenvalue weighted by Gasteiger charge is 2.36. The number of carbonyl (C=O) groups is 2. The lowest BCUT2D eigenvalue weighted by molar-refractivity contribution is -0.161. The molecule has 0 radical (unpaired) electrons. The van der Waals surface area contributed by atoms with Crippen molar-refractivity contribution in [3.05, 3.63) is 60.8 Å². The molecule has 0 saturated carbocycles. The third kappa shape index (κ3) is 38.3. The number of carbonyl (C=O) groups excluding carboxylic acids is 2. The van der Waals surface area contributed by atoms with Crippen molar-refractivity contribution in [3.8, 4) is 0 Å². The summed E-state index contributed by atoms with van der Waals surface area (Å²) in [6.07, 6.45) is 42.6. The number of aliphatic hydroxyl groups is 1. The van der Waals surface area contributed by atoms with Gasteiger partial charge < -0.3 is 34.0 Å². The van der Waals surface area contributed by atoms with Crippen LogP contribution >= 0.6 is 15.6 Å². The number of hydrogen-bond acceptors (Lipinski definition) is 11. The zero-order valence-corrected chi connectivity index (χ0v) is 39.4. The second-order valence-corrected chi connectivity index (χ2v) is 18.4. The molecule has 1 rings (SSSR count). The Hall–Kier alpha value is -2.22. The van der Waals surface area contributed by atoms with Crippen LogP contribution in [-0.4, -0.2) is 82.6 Å². The first-order chi connectivity index (χ1) is 29.8. The van der Waals surface area contributed by atoms with Gasteiger partial charge >= 0.3 is 27.6 Å². The molecule has 3 unspecified atom stereocenters. The number of phosphoric ester groups is 2. The van der Waals surface area contributed by atoms with Crippen molar-refractivity contribution in [2.75, 3.05) is 26.4 Å². The van der Waals surface area contributed by atoms with Crippen molar-refractivity contribution >= 4 is 27.6 Å². The second-order valence-electron chi connectivity index (χ2n) is 15.7. The molecule has 0 aromatic carbocycles. The zero-order valence-electron chi connectivity index (χ0n) is 37.6. The third-order valence-electron chi connectivity index (χ3n) is 9.83. The molecule has 16 heteroatoms. The number of ether oxygens (including phenoxy) is 3. The van der Waals surface area contributed by atoms with E-state index in [2.05, 4.69) is 65.4 Å². The molecule has 4 N–H and O–H groups in total. The molecular formula is C46H80O14P2. The topological polar surface area (TPSA) is 208 Å². The van der Waals surface area contributed by atoms with E-state index in [1.165, 1.54) is 70.6 Å². The van der Waals surface area contributed by atoms with E-state index in [4.69, 9.17) is 28.5 Å². The van der Waals surface area contributed by atoms with Crippen LogP contribution in [0.4, 0.5) is 0 Å². The lowest BCUT2D eigenvalue weighted by Gasteiger charge is -2.20. The number of epoxide rings is 1. The summed E-state index contributed by atoms with van der Waals surface area (Å²) in [7, 11) is -9.71. The number of phosphoric acid groups is 2. The van der Waals surface area contributed by atoms with Crippen molar-refractivity contribution in [2.45, 2.75) is 192 Å². The van der Waals surface area contributed by atoms with Gasteiger partial charge in [-0.05, 0) is 51.4 Å². The molecule has 14 nitrogen and oxygen atoms in total. The summed E-state index contributed by atoms with van der Waals surface area (Å²) in [6, 6.07) is 0. The van der Waals surface area contributed by atoms with E-state index >= 15 is 0 Å². The van der Waals surface area contributed by atoms with Gasteiger partial charge in [-0.3, -0.25) is 23.2 Å². The van der Waals surface area contributed by atoms with Crippen molar-refractivity contribution in [1.82, 2.24) is 0 Å². The average Bonchev–Trinajstić information content (AvgIpc) is 3.99. The first kappa shape index (κ1) is 57.8. The Morgan fingerprint density at radius 2 is 1.03 bits per heavy atom. The number of hydrogen-bond donors (Lipinski definition) is 4. The predicted molar refractivity (Wildman–Crippen MR) is 243 cm³/mol. The third-order valence-corrected chi connectivity index (χ3v) is 11.3. The fourth-order valence-electron chi connectivity index (χ4n) is 6.24. The first-order valence-electron chi connectivity index (χ1n) is 23.1. The number of allylic oxidation sites excluding steroid dienone is 8. The number of unbranched alkanes of at least 4 members (excludes halogenated alkanes) is 14. The number of rotatable bonds is 42. The highest BCUT2D eigenvalue weighted by molar-refractivity contribution is 7.47. The van der Waals surface area contributed by atoms with E-state index in [1.807, 2.05) is 18.2 Å². The van der Waals surface area contributed by atoms with Gasteiger partial charge in [-0.1, -0.05) is 164 Å². The second kappa shape index (κ2) is 38.1. The first-order valence-corrected chi connectivity index (χ1v) is 26.1. The van der Waals surface area contributed by atoms with Gasteiger partial charge in [0.15, 0.2) is 6.10 Å². The van der Waals surface area contributed by atoms with E-state index in [1.54, 1.807) is 0 Å². The molecule has 1 aliphatic rings. The highest BCUT2D eigenvalue weighted by Crippen LogP contribution is 2.44. The summed E-state index contributed by atoms with van der Waals surface area (Å²) in [6.45, 7) is 1.57. The molecule has 62 heavy (non-hydrogen) atoms. The van der Waals surface area contributed by atoms with Crippen molar-refractivity contribution < 1.29 is 66.3 Å². The van der Waals surface area contributed by atoms with Gasteiger partial charge in [0.25, 0.3) is 0 Å². The molecular weight excluding hydrogens is 838 g/mol. The Morgan fingerprint density at radius 1 is 0.565 bits per heavy atom. The standard InChI is InChI=1S/C46H80O14P2/c1-3-5-7-8-9-10-11-12-13-14-18-21-24-27-31-35-45(48)55-39-42(40-58-62(53,54)57-38-41(47)37-56-61(50,51)52)59-46(49)36-32-28-25-22-19-16-15-17-20-23-26-30-34-44-43(60-44)33-29-6-4-2/h6,16-17,19-20,25-26,28-30,41-44,47H,3-5,7-15,18,21-24,27,31-40H2,1-2H3,(H,53,54)(H2,50,51,52)/b19-16-,20-17-,28-25-,29-6-,30-26-/t41-,42+,43?,44?/m0/s1. The molecule has 1 aliphatic heterocycles. The van der Waals surface area contributed by atoms with Crippen LogP contribution in [0.25, 0.3) is 0 Å². The van der Waals surface area contributed by atoms with Gasteiger partial charge in [0.1, 0.15) is 12.7 Å². The molecule has 0 aromatic heterocycles. The summed E-state index contributed by atoms with van der Waals surface area (Å²) in [5, 5.41) is 9.76. The maximum Gasteiger partial charge on any atom is 0.472 e. The minimum absolute atomic E-state index is 0.00250. The summed E-state index contributed by atoms with van der Waals surface area (Å²) in [5.74, 6) is -1.13. The number of esters is 2. The average molecular weight is 919 g/mol. The van der Waals surface area contributed by atoms with E-state index in [9.17, 15) is 28.7 Å². The molecule has 1 heterocycles. The van der Waals surface area contributed by atoms with E-state index < -0.39 is 66.2 Å². The minimum atomic E-state index is -4.87. The Morgan fingerprint density at radius 3 is 1.56 bits per heavy atom. The Balaban J connectivity index is 2.38. The quantitative estimate of drug-likeness (QED) is 0.0148. The molecule has 0 aromatic rings. The van der Waals surface area contributed by atoms with Crippen LogP contribution in [0.3, 0.4) is 0 Å². The molecule has 358 valence electrons. The molecule has 1 saturated heterocycles. The van der Waals surface area contributed by atoms with E-state index in [0.29, 0.717) is 31.5 Å². The van der Waals surface area contributed by atoms with E-state index in [0.717, 1.165) is 51.4 Å². The van der Waals surface area contributed by atoms with Crippen LogP contribution in [0.15, 0.2) is 60.8 Å². The SMILES string of the molecule is CC/C=C\CC1OC1C/C=C\C/C=C\C/C=C\C/C=C\CCC(=O)O[C@H](COC(=O)CCCCCCCCCCCCCCCCC)COP(=O)(O)OC[C@@H](O)COP(=O)(O)O. The lowest BCUT2D eigenvalue weighted by atomic mass is 10.0. The summed E-state index contributed by atoms with van der Waals surface area (Å²) >= 11 is 0. The predicted octanol–water partition coefficient (Wildman–Crippen LogP) is 11.0. The monoisotopic (exact) mass is 919 g/mol. The number of aliphatic hydroxyl groups excluding tert-OH is 1. The molecule has 0 bridgehead atoms. The molecule has 0 amide bonds. The molecule has 0 aliphatic carbocycles. The molecule has 5 atom stereocenters. The van der Waals surface area contributed by atoms with Crippen LogP contribution in [0.1, 0.15) is 168 Å². The van der Waals surface area contributed by atoms with Crippen LogP contribution < -0.4 is 0 Å².